The minimum atomic E-state index is -3.76. The number of hydrogen-bond acceptors (Lipinski definition) is 6. The van der Waals surface area contributed by atoms with Gasteiger partial charge in [-0.05, 0) is 66.8 Å². The van der Waals surface area contributed by atoms with Crippen molar-refractivity contribution in [2.75, 3.05) is 24.6 Å². The summed E-state index contributed by atoms with van der Waals surface area (Å²) < 4.78 is 37.1. The molecule has 1 N–H and O–H groups in total. The number of nitrogens with one attached hydrogen (secondary N) is 1. The molecule has 2 aromatic carbocycles. The van der Waals surface area contributed by atoms with E-state index in [-0.39, 0.29) is 30.1 Å². The zero-order valence-corrected chi connectivity index (χ0v) is 21.6. The van der Waals surface area contributed by atoms with Crippen LogP contribution >= 0.6 is 11.6 Å². The maximum absolute atomic E-state index is 12.8. The molecule has 1 aliphatic rings. The summed E-state index contributed by atoms with van der Waals surface area (Å²) >= 11 is 5.84. The molecule has 3 rings (SSSR count). The largest absolute Gasteiger partial charge is 0.482 e. The summed E-state index contributed by atoms with van der Waals surface area (Å²) in [6, 6.07) is 12.2. The van der Waals surface area contributed by atoms with Gasteiger partial charge in [-0.2, -0.15) is 0 Å². The highest BCUT2D eigenvalue weighted by Crippen LogP contribution is 2.29. The second-order valence-corrected chi connectivity index (χ2v) is 11.2. The minimum absolute atomic E-state index is 0.0985. The van der Waals surface area contributed by atoms with Crippen LogP contribution in [0.3, 0.4) is 0 Å². The average molecular weight is 523 g/mol. The molecule has 8 nitrogen and oxygen atoms in total. The minimum Gasteiger partial charge on any atom is -0.482 e. The summed E-state index contributed by atoms with van der Waals surface area (Å²) in [5.74, 6) is 0.302. The first-order valence-electron chi connectivity index (χ1n) is 11.5. The van der Waals surface area contributed by atoms with Crippen molar-refractivity contribution >= 4 is 39.2 Å². The summed E-state index contributed by atoms with van der Waals surface area (Å²) in [5.41, 5.74) is 0.415. The highest BCUT2D eigenvalue weighted by atomic mass is 35.5. The van der Waals surface area contributed by atoms with E-state index in [2.05, 4.69) is 19.2 Å². The molecule has 0 saturated heterocycles. The molecule has 1 aliphatic carbocycles. The highest BCUT2D eigenvalue weighted by molar-refractivity contribution is 7.92. The predicted octanol–water partition coefficient (Wildman–Crippen LogP) is 4.03. The van der Waals surface area contributed by atoms with E-state index in [1.54, 1.807) is 24.3 Å². The van der Waals surface area contributed by atoms with Crippen LogP contribution < -0.4 is 14.4 Å². The van der Waals surface area contributed by atoms with Gasteiger partial charge >= 0.3 is 5.97 Å². The van der Waals surface area contributed by atoms with Crippen LogP contribution in [0.4, 0.5) is 5.69 Å². The number of nitrogens with zero attached hydrogens (tertiary/aromatic N) is 1. The molecule has 190 valence electrons. The molecule has 1 amide bonds. The molecule has 0 heterocycles. The van der Waals surface area contributed by atoms with Gasteiger partial charge < -0.3 is 14.8 Å². The third kappa shape index (κ3) is 7.11. The van der Waals surface area contributed by atoms with Gasteiger partial charge in [0.15, 0.2) is 13.2 Å². The number of rotatable bonds is 9. The smallest absolute Gasteiger partial charge is 0.344 e. The number of benzene rings is 2. The van der Waals surface area contributed by atoms with E-state index in [9.17, 15) is 18.0 Å². The average Bonchev–Trinajstić information content (AvgIpc) is 2.84. The van der Waals surface area contributed by atoms with E-state index < -0.39 is 16.0 Å². The van der Waals surface area contributed by atoms with Crippen LogP contribution in [0.1, 0.15) is 33.1 Å². The van der Waals surface area contributed by atoms with Crippen molar-refractivity contribution < 1.29 is 27.5 Å². The molecule has 0 bridgehead atoms. The van der Waals surface area contributed by atoms with Gasteiger partial charge in [-0.1, -0.05) is 38.3 Å². The van der Waals surface area contributed by atoms with Crippen molar-refractivity contribution in [2.24, 2.45) is 11.8 Å². The standard InChI is InChI=1S/C25H31ClN2O6S/c1-17-5-4-6-23(18(17)2)27-24(29)15-34-25(30)16-33-21-11-9-20(10-12-21)28(3)35(31,32)22-13-7-19(26)8-14-22/h7-14,17-18,23H,4-6,15-16H2,1-3H3,(H,27,29). The Morgan fingerprint density at radius 2 is 1.69 bits per heavy atom. The normalized spacial score (nSPS) is 20.1. The number of sulfonamides is 1. The van der Waals surface area contributed by atoms with Gasteiger partial charge in [-0.15, -0.1) is 0 Å². The lowest BCUT2D eigenvalue weighted by Gasteiger charge is -2.34. The van der Waals surface area contributed by atoms with Crippen molar-refractivity contribution in [1.82, 2.24) is 5.32 Å². The van der Waals surface area contributed by atoms with Gasteiger partial charge in [0.1, 0.15) is 5.75 Å². The van der Waals surface area contributed by atoms with Gasteiger partial charge in [-0.3, -0.25) is 9.10 Å². The molecule has 0 aromatic heterocycles. The summed E-state index contributed by atoms with van der Waals surface area (Å²) in [6.45, 7) is 3.59. The molecule has 2 aromatic rings. The van der Waals surface area contributed by atoms with E-state index >= 15 is 0 Å². The topological polar surface area (TPSA) is 102 Å². The van der Waals surface area contributed by atoms with Crippen LogP contribution in [0.15, 0.2) is 53.4 Å². The Morgan fingerprint density at radius 3 is 2.34 bits per heavy atom. The van der Waals surface area contributed by atoms with Crippen LogP contribution in [0.2, 0.25) is 5.02 Å². The molecule has 0 radical (unpaired) electrons. The molecule has 1 saturated carbocycles. The van der Waals surface area contributed by atoms with Crippen LogP contribution in [0, 0.1) is 11.8 Å². The van der Waals surface area contributed by atoms with Gasteiger partial charge in [-0.25, -0.2) is 13.2 Å². The zero-order chi connectivity index (χ0) is 25.6. The third-order valence-corrected chi connectivity index (χ3v) is 8.50. The number of ether oxygens (including phenoxy) is 2. The van der Waals surface area contributed by atoms with E-state index in [1.807, 2.05) is 0 Å². The second-order valence-electron chi connectivity index (χ2n) is 8.81. The van der Waals surface area contributed by atoms with Crippen molar-refractivity contribution in [3.63, 3.8) is 0 Å². The SMILES string of the molecule is CC1CCCC(NC(=O)COC(=O)COc2ccc(N(C)S(=O)(=O)c3ccc(Cl)cc3)cc2)C1C. The van der Waals surface area contributed by atoms with Gasteiger partial charge in [0.05, 0.1) is 10.6 Å². The maximum atomic E-state index is 12.8. The van der Waals surface area contributed by atoms with E-state index in [1.165, 1.54) is 31.3 Å². The Morgan fingerprint density at radius 1 is 1.03 bits per heavy atom. The molecule has 3 atom stereocenters. The lowest BCUT2D eigenvalue weighted by molar-refractivity contribution is -0.150. The van der Waals surface area contributed by atoms with Crippen LogP contribution in [0.25, 0.3) is 0 Å². The zero-order valence-electron chi connectivity index (χ0n) is 20.1. The number of carbonyl (C=O) groups is 2. The van der Waals surface area contributed by atoms with Gasteiger partial charge in [0, 0.05) is 18.1 Å². The summed E-state index contributed by atoms with van der Waals surface area (Å²) in [4.78, 5) is 24.3. The summed E-state index contributed by atoms with van der Waals surface area (Å²) in [6.07, 6.45) is 3.17. The summed E-state index contributed by atoms with van der Waals surface area (Å²) in [5, 5.41) is 3.40. The van der Waals surface area contributed by atoms with Crippen molar-refractivity contribution in [1.29, 1.82) is 0 Å². The fourth-order valence-corrected chi connectivity index (χ4v) is 5.34. The third-order valence-electron chi connectivity index (χ3n) is 6.45. The Labute approximate surface area is 211 Å². The first-order chi connectivity index (χ1) is 16.6. The van der Waals surface area contributed by atoms with Crippen LogP contribution in [0.5, 0.6) is 5.75 Å². The number of esters is 1. The first-order valence-corrected chi connectivity index (χ1v) is 13.3. The Balaban J connectivity index is 1.46. The first kappa shape index (κ1) is 26.8. The number of anilines is 1. The van der Waals surface area contributed by atoms with Crippen molar-refractivity contribution in [3.8, 4) is 5.75 Å². The molecule has 0 spiro atoms. The molecule has 3 unspecified atom stereocenters. The lowest BCUT2D eigenvalue weighted by atomic mass is 9.78. The number of amides is 1. The monoisotopic (exact) mass is 522 g/mol. The van der Waals surface area contributed by atoms with E-state index in [0.29, 0.717) is 28.3 Å². The number of halogens is 1. The van der Waals surface area contributed by atoms with Crippen molar-refractivity contribution in [2.45, 2.75) is 44.0 Å². The highest BCUT2D eigenvalue weighted by Gasteiger charge is 2.28. The molecule has 1 fully saturated rings. The number of carbonyl (C=O) groups excluding carboxylic acids is 2. The number of hydrogen-bond donors (Lipinski definition) is 1. The van der Waals surface area contributed by atoms with E-state index in [4.69, 9.17) is 21.1 Å². The van der Waals surface area contributed by atoms with Crippen molar-refractivity contribution in [3.05, 3.63) is 53.6 Å². The van der Waals surface area contributed by atoms with Crippen LogP contribution in [-0.4, -0.2) is 46.6 Å². The Bertz CT molecular complexity index is 1120. The van der Waals surface area contributed by atoms with Gasteiger partial charge in [0.2, 0.25) is 0 Å². The fraction of sp³-hybridized carbons (Fsp3) is 0.440. The molecule has 0 aliphatic heterocycles. The molecular formula is C25H31ClN2O6S. The lowest BCUT2D eigenvalue weighted by Crippen LogP contribution is -2.45. The van der Waals surface area contributed by atoms with Crippen LogP contribution in [-0.2, 0) is 24.3 Å². The fourth-order valence-electron chi connectivity index (χ4n) is 4.02. The molecule has 10 heteroatoms. The predicted molar refractivity (Wildman–Crippen MR) is 134 cm³/mol. The van der Waals surface area contributed by atoms with Gasteiger partial charge in [0.25, 0.3) is 15.9 Å². The molecule has 35 heavy (non-hydrogen) atoms. The molecular weight excluding hydrogens is 492 g/mol. The quantitative estimate of drug-likeness (QED) is 0.499. The van der Waals surface area contributed by atoms with E-state index in [0.717, 1.165) is 23.6 Å². The summed E-state index contributed by atoms with van der Waals surface area (Å²) in [7, 11) is -2.32. The Kier molecular flexibility index (Phi) is 9.02. The Hall–Kier alpha value is -2.78. The maximum Gasteiger partial charge on any atom is 0.344 e. The second kappa shape index (κ2) is 11.8.